The second kappa shape index (κ2) is 8.11. The molecule has 10 heteroatoms. The number of benzene rings is 2. The predicted molar refractivity (Wildman–Crippen MR) is 107 cm³/mol. The fourth-order valence-electron chi connectivity index (χ4n) is 2.54. The molecule has 1 amide bonds. The number of ether oxygens (including phenoxy) is 1. The van der Waals surface area contributed by atoms with Gasteiger partial charge in [0.1, 0.15) is 11.4 Å². The molecule has 0 fully saturated rings. The second-order valence-corrected chi connectivity index (χ2v) is 9.14. The van der Waals surface area contributed by atoms with E-state index in [4.69, 9.17) is 4.74 Å². The summed E-state index contributed by atoms with van der Waals surface area (Å²) in [5.74, 6) is -1.08. The number of pyridine rings is 1. The molecule has 5 nitrogen and oxygen atoms in total. The Morgan fingerprint density at radius 1 is 1.17 bits per heavy atom. The van der Waals surface area contributed by atoms with E-state index in [2.05, 4.69) is 25.3 Å². The molecule has 0 N–H and O–H groups in total. The van der Waals surface area contributed by atoms with Crippen molar-refractivity contribution < 1.29 is 26.9 Å². The van der Waals surface area contributed by atoms with E-state index >= 15 is 0 Å². The third kappa shape index (κ3) is 5.13. The Balaban J connectivity index is 2.06. The average Bonchev–Trinajstić information content (AvgIpc) is 2.65. The molecule has 1 heterocycles. The highest BCUT2D eigenvalue weighted by Gasteiger charge is 2.29. The van der Waals surface area contributed by atoms with Crippen molar-refractivity contribution >= 4 is 42.5 Å². The molecule has 0 aliphatic heterocycles. The summed E-state index contributed by atoms with van der Waals surface area (Å²) in [6, 6.07) is 14.0. The number of amides is 1. The van der Waals surface area contributed by atoms with Crippen LogP contribution in [0.5, 0.6) is 5.75 Å². The van der Waals surface area contributed by atoms with Crippen LogP contribution in [0.1, 0.15) is 10.5 Å². The summed E-state index contributed by atoms with van der Waals surface area (Å²) in [6.07, 6.45) is -3.25. The van der Waals surface area contributed by atoms with Crippen LogP contribution in [-0.2, 0) is 9.73 Å². The Morgan fingerprint density at radius 2 is 1.83 bits per heavy atom. The van der Waals surface area contributed by atoms with E-state index in [-0.39, 0.29) is 17.0 Å². The number of rotatable bonds is 4. The van der Waals surface area contributed by atoms with Gasteiger partial charge in [-0.1, -0.05) is 24.3 Å². The maximum atomic E-state index is 13.0. The Labute approximate surface area is 173 Å². The predicted octanol–water partition coefficient (Wildman–Crippen LogP) is 5.24. The zero-order valence-corrected chi connectivity index (χ0v) is 17.3. The third-order valence-electron chi connectivity index (χ3n) is 3.79. The lowest BCUT2D eigenvalue weighted by molar-refractivity contribution is -0.153. The Hall–Kier alpha value is -2.46. The van der Waals surface area contributed by atoms with Gasteiger partial charge in [0, 0.05) is 22.2 Å². The van der Waals surface area contributed by atoms with Gasteiger partial charge < -0.3 is 4.74 Å². The van der Waals surface area contributed by atoms with Gasteiger partial charge in [-0.3, -0.25) is 4.79 Å². The van der Waals surface area contributed by atoms with E-state index in [9.17, 15) is 22.2 Å². The monoisotopic (exact) mass is 486 g/mol. The topological polar surface area (TPSA) is 68.6 Å². The molecule has 0 aliphatic carbocycles. The minimum atomic E-state index is -4.55. The number of fused-ring (bicyclic) bond motifs is 1. The minimum absolute atomic E-state index is 0.157. The van der Waals surface area contributed by atoms with Gasteiger partial charge in [0.2, 0.25) is 0 Å². The van der Waals surface area contributed by atoms with Crippen molar-refractivity contribution in [3.05, 3.63) is 64.8 Å². The van der Waals surface area contributed by atoms with Gasteiger partial charge in [-0.05, 0) is 40.2 Å². The number of hydrogen-bond acceptors (Lipinski definition) is 4. The third-order valence-corrected chi connectivity index (χ3v) is 6.43. The van der Waals surface area contributed by atoms with Gasteiger partial charge in [0.05, 0.1) is 20.1 Å². The van der Waals surface area contributed by atoms with Crippen molar-refractivity contribution in [2.75, 3.05) is 12.9 Å². The van der Waals surface area contributed by atoms with Gasteiger partial charge in [-0.25, -0.2) is 9.19 Å². The molecule has 0 saturated carbocycles. The lowest BCUT2D eigenvalue weighted by atomic mass is 10.2. The van der Waals surface area contributed by atoms with Crippen LogP contribution in [0.4, 0.5) is 13.2 Å². The number of nitrogens with zero attached hydrogens (tertiary/aromatic N) is 2. The summed E-state index contributed by atoms with van der Waals surface area (Å²) in [4.78, 5) is 17.1. The van der Waals surface area contributed by atoms with Crippen molar-refractivity contribution in [1.82, 2.24) is 4.98 Å². The zero-order chi connectivity index (χ0) is 21.2. The molecule has 0 aliphatic rings. The van der Waals surface area contributed by atoms with Crippen molar-refractivity contribution in [2.24, 2.45) is 4.36 Å². The molecular formula is C19H14BrF3N2O3S. The largest absolute Gasteiger partial charge is 0.483 e. The quantitative estimate of drug-likeness (QED) is 0.505. The minimum Gasteiger partial charge on any atom is -0.483 e. The van der Waals surface area contributed by atoms with Gasteiger partial charge in [-0.2, -0.15) is 17.5 Å². The number of halogens is 4. The molecule has 2 aromatic carbocycles. The van der Waals surface area contributed by atoms with E-state index < -0.39 is 28.4 Å². The van der Waals surface area contributed by atoms with Crippen LogP contribution in [-0.4, -0.2) is 34.1 Å². The number of carbonyl (C=O) groups is 1. The summed E-state index contributed by atoms with van der Waals surface area (Å²) in [7, 11) is -3.12. The number of hydrogen-bond donors (Lipinski definition) is 0. The maximum Gasteiger partial charge on any atom is 0.422 e. The number of para-hydroxylation sites is 1. The highest BCUT2D eigenvalue weighted by atomic mass is 79.9. The van der Waals surface area contributed by atoms with Gasteiger partial charge in [-0.15, -0.1) is 0 Å². The fourth-order valence-corrected chi connectivity index (χ4v) is 4.99. The van der Waals surface area contributed by atoms with Crippen molar-refractivity contribution in [3.63, 3.8) is 0 Å². The Kier molecular flexibility index (Phi) is 5.95. The zero-order valence-electron chi connectivity index (χ0n) is 14.9. The first-order valence-corrected chi connectivity index (χ1v) is 10.9. The molecule has 0 bridgehead atoms. The Bertz CT molecular complexity index is 1200. The van der Waals surface area contributed by atoms with E-state index in [1.807, 2.05) is 0 Å². The molecule has 3 rings (SSSR count). The summed E-state index contributed by atoms with van der Waals surface area (Å²) in [6.45, 7) is -1.52. The van der Waals surface area contributed by atoms with Crippen LogP contribution in [0.3, 0.4) is 0 Å². The Morgan fingerprint density at radius 3 is 2.52 bits per heavy atom. The van der Waals surface area contributed by atoms with E-state index in [1.54, 1.807) is 36.4 Å². The molecule has 29 heavy (non-hydrogen) atoms. The summed E-state index contributed by atoms with van der Waals surface area (Å²) >= 11 is 3.27. The molecular weight excluding hydrogens is 473 g/mol. The van der Waals surface area contributed by atoms with Gasteiger partial charge in [0.15, 0.2) is 6.61 Å². The first-order chi connectivity index (χ1) is 13.6. The average molecular weight is 487 g/mol. The number of carbonyl (C=O) groups excluding carboxylic acids is 1. The number of alkyl halides is 3. The molecule has 3 aromatic rings. The molecule has 0 saturated heterocycles. The lowest BCUT2D eigenvalue weighted by Crippen LogP contribution is -2.19. The molecule has 0 spiro atoms. The highest BCUT2D eigenvalue weighted by Crippen LogP contribution is 2.28. The van der Waals surface area contributed by atoms with E-state index in [1.165, 1.54) is 18.4 Å². The van der Waals surface area contributed by atoms with Crippen molar-refractivity contribution in [2.45, 2.75) is 11.1 Å². The molecule has 1 atom stereocenters. The van der Waals surface area contributed by atoms with Crippen molar-refractivity contribution in [1.29, 1.82) is 0 Å². The van der Waals surface area contributed by atoms with Crippen LogP contribution in [0.2, 0.25) is 0 Å². The van der Waals surface area contributed by atoms with Crippen LogP contribution < -0.4 is 4.74 Å². The molecule has 1 aromatic heterocycles. The maximum absolute atomic E-state index is 13.0. The SMILES string of the molecule is CS(=O)(=NC(=O)c1cc(OCC(F)(F)F)c2ccccc2n1)c1ccccc1Br. The summed E-state index contributed by atoms with van der Waals surface area (Å²) in [5, 5.41) is 0.316. The first kappa shape index (κ1) is 21.3. The molecule has 152 valence electrons. The normalized spacial score (nSPS) is 13.7. The number of aromatic nitrogens is 1. The van der Waals surface area contributed by atoms with Crippen LogP contribution in [0.25, 0.3) is 10.9 Å². The lowest BCUT2D eigenvalue weighted by Gasteiger charge is -2.12. The summed E-state index contributed by atoms with van der Waals surface area (Å²) in [5.41, 5.74) is -0.00304. The second-order valence-electron chi connectivity index (χ2n) is 6.06. The first-order valence-electron chi connectivity index (χ1n) is 8.17. The van der Waals surface area contributed by atoms with Crippen molar-refractivity contribution in [3.8, 4) is 5.75 Å². The summed E-state index contributed by atoms with van der Waals surface area (Å²) < 4.78 is 59.9. The van der Waals surface area contributed by atoms with Gasteiger partial charge >= 0.3 is 12.1 Å². The van der Waals surface area contributed by atoms with E-state index in [0.717, 1.165) is 6.07 Å². The van der Waals surface area contributed by atoms with Crippen LogP contribution in [0, 0.1) is 0 Å². The van der Waals surface area contributed by atoms with Crippen LogP contribution >= 0.6 is 15.9 Å². The fraction of sp³-hybridized carbons (Fsp3) is 0.158. The van der Waals surface area contributed by atoms with Crippen LogP contribution in [0.15, 0.2) is 68.3 Å². The molecule has 0 radical (unpaired) electrons. The molecule has 1 unspecified atom stereocenters. The van der Waals surface area contributed by atoms with Gasteiger partial charge in [0.25, 0.3) is 0 Å². The smallest absolute Gasteiger partial charge is 0.422 e. The highest BCUT2D eigenvalue weighted by molar-refractivity contribution is 9.10. The van der Waals surface area contributed by atoms with E-state index in [0.29, 0.717) is 14.8 Å². The standard InChI is InChI=1S/C19H14BrF3N2O3S/c1-29(27,17-9-5-3-7-13(17)20)25-18(26)15-10-16(28-11-19(21,22)23)12-6-2-4-8-14(12)24-15/h2-10H,11H2,1H3.